The number of ether oxygens (including phenoxy) is 2. The Balaban J connectivity index is 1.30. The van der Waals surface area contributed by atoms with Crippen molar-refractivity contribution in [3.63, 3.8) is 0 Å². The van der Waals surface area contributed by atoms with Gasteiger partial charge in [0, 0.05) is 18.3 Å². The van der Waals surface area contributed by atoms with E-state index < -0.39 is 0 Å². The second-order valence-electron chi connectivity index (χ2n) is 10.6. The number of nitrogens with zero attached hydrogens (tertiary/aromatic N) is 2. The van der Waals surface area contributed by atoms with E-state index in [-0.39, 0.29) is 17.6 Å². The quantitative estimate of drug-likeness (QED) is 0.446. The summed E-state index contributed by atoms with van der Waals surface area (Å²) in [5.41, 5.74) is 8.64. The zero-order chi connectivity index (χ0) is 25.3. The molecule has 2 aliphatic rings. The van der Waals surface area contributed by atoms with E-state index >= 15 is 0 Å². The van der Waals surface area contributed by atoms with Gasteiger partial charge < -0.3 is 19.1 Å². The Labute approximate surface area is 209 Å². The first-order valence-corrected chi connectivity index (χ1v) is 12.4. The molecule has 0 N–H and O–H groups in total. The van der Waals surface area contributed by atoms with E-state index in [1.807, 2.05) is 0 Å². The van der Waals surface area contributed by atoms with E-state index in [1.54, 1.807) is 0 Å². The Hall–Kier alpha value is -3.02. The monoisotopic (exact) mass is 478 g/mol. The highest BCUT2D eigenvalue weighted by Crippen LogP contribution is 2.34. The van der Waals surface area contributed by atoms with Gasteiger partial charge in [0.2, 0.25) is 0 Å². The van der Waals surface area contributed by atoms with Crippen molar-refractivity contribution in [1.82, 2.24) is 0 Å². The van der Waals surface area contributed by atoms with E-state index in [9.17, 15) is 0 Å². The van der Waals surface area contributed by atoms with Gasteiger partial charge in [0.25, 0.3) is 0 Å². The van der Waals surface area contributed by atoms with Crippen LogP contribution in [0.4, 0.5) is 0 Å². The zero-order valence-corrected chi connectivity index (χ0v) is 22.3. The Morgan fingerprint density at radius 1 is 0.686 bits per heavy atom. The highest BCUT2D eigenvalue weighted by Gasteiger charge is 2.41. The third-order valence-electron chi connectivity index (χ3n) is 6.95. The molecule has 0 spiro atoms. The number of hydrogen-bond acceptors (Lipinski definition) is 6. The van der Waals surface area contributed by atoms with Crippen molar-refractivity contribution in [3.8, 4) is 11.5 Å². The van der Waals surface area contributed by atoms with Gasteiger partial charge in [-0.05, 0) is 77.6 Å². The number of rotatable bonds is 8. The largest absolute Gasteiger partial charge is 0.489 e. The maximum Gasteiger partial charge on any atom is 0.166 e. The van der Waals surface area contributed by atoms with Crippen molar-refractivity contribution >= 4 is 11.4 Å². The lowest BCUT2D eigenvalue weighted by Crippen LogP contribution is -2.34. The molecule has 0 saturated carbocycles. The summed E-state index contributed by atoms with van der Waals surface area (Å²) < 4.78 is 12.3. The Morgan fingerprint density at radius 2 is 1.03 bits per heavy atom. The van der Waals surface area contributed by atoms with Gasteiger partial charge >= 0.3 is 0 Å². The van der Waals surface area contributed by atoms with Gasteiger partial charge in [-0.3, -0.25) is 0 Å². The summed E-state index contributed by atoms with van der Waals surface area (Å²) in [6.45, 7) is 17.7. The minimum absolute atomic E-state index is 0.112. The van der Waals surface area contributed by atoms with Crippen LogP contribution in [0.3, 0.4) is 0 Å². The van der Waals surface area contributed by atoms with Crippen molar-refractivity contribution in [2.24, 2.45) is 15.7 Å². The van der Waals surface area contributed by atoms with Gasteiger partial charge in [0.05, 0.1) is 11.4 Å². The van der Waals surface area contributed by atoms with Crippen LogP contribution in [0.2, 0.25) is 0 Å². The van der Waals surface area contributed by atoms with Crippen LogP contribution in [0.1, 0.15) is 60.1 Å². The molecule has 0 aliphatic carbocycles. The zero-order valence-electron chi connectivity index (χ0n) is 22.3. The Morgan fingerprint density at radius 3 is 1.37 bits per heavy atom. The summed E-state index contributed by atoms with van der Waals surface area (Å²) in [5.74, 6) is 1.87. The molecular weight excluding hydrogens is 440 g/mol. The molecule has 0 bridgehead atoms. The molecule has 0 aromatic heterocycles. The van der Waals surface area contributed by atoms with Gasteiger partial charge in [-0.1, -0.05) is 45.7 Å². The van der Waals surface area contributed by atoms with Crippen LogP contribution in [0.5, 0.6) is 11.5 Å². The van der Waals surface area contributed by atoms with Crippen LogP contribution >= 0.6 is 0 Å². The molecule has 6 heteroatoms. The second kappa shape index (κ2) is 9.92. The third kappa shape index (κ3) is 5.47. The molecular formula is C29H38N2O4. The van der Waals surface area contributed by atoms with Crippen molar-refractivity contribution in [3.05, 3.63) is 57.6 Å². The van der Waals surface area contributed by atoms with Gasteiger partial charge in [0.15, 0.2) is 12.2 Å². The molecule has 2 atom stereocenters. The lowest BCUT2D eigenvalue weighted by molar-refractivity contribution is 0.0466. The van der Waals surface area contributed by atoms with Gasteiger partial charge in [-0.25, -0.2) is 0 Å². The van der Waals surface area contributed by atoms with E-state index in [0.717, 1.165) is 45.2 Å². The molecule has 6 nitrogen and oxygen atoms in total. The first-order chi connectivity index (χ1) is 16.5. The van der Waals surface area contributed by atoms with Crippen molar-refractivity contribution in [1.29, 1.82) is 0 Å². The summed E-state index contributed by atoms with van der Waals surface area (Å²) in [5, 5.41) is 8.85. The number of benzene rings is 2. The molecule has 4 rings (SSSR count). The van der Waals surface area contributed by atoms with Crippen LogP contribution in [0.25, 0.3) is 0 Å². The van der Waals surface area contributed by atoms with Crippen LogP contribution in [-0.2, 0) is 9.68 Å². The lowest BCUT2D eigenvalue weighted by atomic mass is 9.78. The number of oxime groups is 2. The molecule has 0 radical (unpaired) electrons. The predicted octanol–water partition coefficient (Wildman–Crippen LogP) is 6.31. The van der Waals surface area contributed by atoms with Gasteiger partial charge in [-0.15, -0.1) is 0 Å². The molecule has 2 heterocycles. The first kappa shape index (κ1) is 25.1. The molecule has 2 aromatic rings. The van der Waals surface area contributed by atoms with E-state index in [0.29, 0.717) is 26.1 Å². The molecule has 188 valence electrons. The maximum atomic E-state index is 6.14. The summed E-state index contributed by atoms with van der Waals surface area (Å²) in [6, 6.07) is 8.57. The molecule has 0 amide bonds. The molecule has 0 saturated heterocycles. The molecule has 0 fully saturated rings. The highest BCUT2D eigenvalue weighted by molar-refractivity contribution is 6.11. The van der Waals surface area contributed by atoms with Crippen molar-refractivity contribution in [2.75, 3.05) is 13.2 Å². The average Bonchev–Trinajstić information content (AvgIpc) is 3.42. The summed E-state index contributed by atoms with van der Waals surface area (Å²) >= 11 is 0. The highest BCUT2D eigenvalue weighted by atomic mass is 16.7. The van der Waals surface area contributed by atoms with Gasteiger partial charge in [0.1, 0.15) is 24.7 Å². The fourth-order valence-electron chi connectivity index (χ4n) is 5.08. The Bertz CT molecular complexity index is 1030. The third-order valence-corrected chi connectivity index (χ3v) is 6.95. The maximum absolute atomic E-state index is 6.14. The smallest absolute Gasteiger partial charge is 0.166 e. The van der Waals surface area contributed by atoms with Crippen LogP contribution in [-0.4, -0.2) is 36.8 Å². The number of aryl methyl sites for hydroxylation is 6. The average molecular weight is 479 g/mol. The molecule has 2 aromatic carbocycles. The lowest BCUT2D eigenvalue weighted by Gasteiger charge is -2.23. The first-order valence-electron chi connectivity index (χ1n) is 12.4. The fourth-order valence-corrected chi connectivity index (χ4v) is 5.08. The van der Waals surface area contributed by atoms with Crippen LogP contribution in [0.15, 0.2) is 34.6 Å². The topological polar surface area (TPSA) is 61.6 Å². The Kier molecular flexibility index (Phi) is 7.11. The predicted molar refractivity (Wildman–Crippen MR) is 140 cm³/mol. The molecule has 35 heavy (non-hydrogen) atoms. The molecule has 0 unspecified atom stereocenters. The normalized spacial score (nSPS) is 19.7. The minimum atomic E-state index is -0.352. The van der Waals surface area contributed by atoms with Gasteiger partial charge in [-0.2, -0.15) is 0 Å². The minimum Gasteiger partial charge on any atom is -0.489 e. The summed E-state index contributed by atoms with van der Waals surface area (Å²) in [4.78, 5) is 11.5. The fraction of sp³-hybridized carbons (Fsp3) is 0.517. The van der Waals surface area contributed by atoms with E-state index in [1.165, 1.54) is 11.1 Å². The van der Waals surface area contributed by atoms with Crippen molar-refractivity contribution < 1.29 is 19.1 Å². The summed E-state index contributed by atoms with van der Waals surface area (Å²) in [6.07, 6.45) is 1.19. The number of hydrogen-bond donors (Lipinski definition) is 0. The standard InChI is InChI=1S/C29H38N2O4/c1-17-9-19(3)27(20(4)10-17)32-15-23-13-25(30-34-23)29(7,8)26-14-24(35-31-26)16-33-28-21(5)11-18(2)12-22(28)6/h9-12,23-24H,13-16H2,1-8H3/t23-,24-/m1/s1. The van der Waals surface area contributed by atoms with E-state index in [2.05, 4.69) is 90.0 Å². The van der Waals surface area contributed by atoms with Crippen LogP contribution < -0.4 is 9.47 Å². The molecule has 2 aliphatic heterocycles. The second-order valence-corrected chi connectivity index (χ2v) is 10.6. The SMILES string of the molecule is Cc1cc(C)c(OC[C@H]2CC(C(C)(C)C3=NO[C@@H](COc4c(C)cc(C)cc4C)C3)=NO2)c(C)c1. The van der Waals surface area contributed by atoms with E-state index in [4.69, 9.17) is 19.1 Å². The van der Waals surface area contributed by atoms with Crippen LogP contribution in [0, 0.1) is 47.0 Å². The van der Waals surface area contributed by atoms with Crippen molar-refractivity contribution in [2.45, 2.75) is 80.4 Å². The summed E-state index contributed by atoms with van der Waals surface area (Å²) in [7, 11) is 0.